The molecular weight excluding hydrogens is 298 g/mol. The highest BCUT2D eigenvalue weighted by atomic mass is 16.5. The molecule has 0 aromatic carbocycles. The van der Waals surface area contributed by atoms with Crippen molar-refractivity contribution in [3.05, 3.63) is 11.1 Å². The highest BCUT2D eigenvalue weighted by molar-refractivity contribution is 6.22. The van der Waals surface area contributed by atoms with E-state index in [1.54, 1.807) is 6.92 Å². The van der Waals surface area contributed by atoms with Crippen molar-refractivity contribution in [2.75, 3.05) is 0 Å². The monoisotopic (exact) mass is 325 g/mol. The number of ketones is 2. The standard InChI is InChI=1S/C16H27N3O4/c1-9(10(17)5-4-6-11(18)15(22)19-23)14-12(20)7-16(2,3)8-13(14)21/h10-11,23H,4-8,17-18H2,1-3H3,(H,19,22)/t10?,11-/m1/s1. The van der Waals surface area contributed by atoms with Gasteiger partial charge in [0.05, 0.1) is 11.6 Å². The van der Waals surface area contributed by atoms with Gasteiger partial charge >= 0.3 is 0 Å². The van der Waals surface area contributed by atoms with Gasteiger partial charge in [0.2, 0.25) is 0 Å². The summed E-state index contributed by atoms with van der Waals surface area (Å²) < 4.78 is 0. The minimum Gasteiger partial charge on any atom is -0.324 e. The molecule has 23 heavy (non-hydrogen) atoms. The maximum absolute atomic E-state index is 12.2. The molecule has 1 aliphatic carbocycles. The summed E-state index contributed by atoms with van der Waals surface area (Å²) in [6, 6.07) is -1.23. The van der Waals surface area contributed by atoms with E-state index in [0.717, 1.165) is 0 Å². The molecule has 7 nitrogen and oxygen atoms in total. The zero-order valence-corrected chi connectivity index (χ0v) is 14.0. The number of nitrogens with one attached hydrogen (secondary N) is 1. The maximum Gasteiger partial charge on any atom is 0.260 e. The van der Waals surface area contributed by atoms with Crippen LogP contribution in [0.4, 0.5) is 0 Å². The lowest BCUT2D eigenvalue weighted by atomic mass is 9.72. The molecule has 1 unspecified atom stereocenters. The van der Waals surface area contributed by atoms with Gasteiger partial charge in [-0.15, -0.1) is 0 Å². The minimum absolute atomic E-state index is 0.143. The summed E-state index contributed by atoms with van der Waals surface area (Å²) in [7, 11) is 0. The molecule has 0 radical (unpaired) electrons. The second kappa shape index (κ2) is 7.81. The molecule has 0 aliphatic heterocycles. The average Bonchev–Trinajstić information content (AvgIpc) is 2.43. The van der Waals surface area contributed by atoms with Crippen molar-refractivity contribution in [3.8, 4) is 0 Å². The van der Waals surface area contributed by atoms with Crippen LogP contribution in [0.5, 0.6) is 0 Å². The summed E-state index contributed by atoms with van der Waals surface area (Å²) >= 11 is 0. The van der Waals surface area contributed by atoms with Gasteiger partial charge in [-0.1, -0.05) is 13.8 Å². The van der Waals surface area contributed by atoms with E-state index in [1.807, 2.05) is 13.8 Å². The Kier molecular flexibility index (Phi) is 6.61. The predicted molar refractivity (Wildman–Crippen MR) is 85.5 cm³/mol. The summed E-state index contributed by atoms with van der Waals surface area (Å²) in [5.74, 6) is -0.931. The van der Waals surface area contributed by atoms with Crippen molar-refractivity contribution >= 4 is 17.5 Å². The third-order valence-corrected chi connectivity index (χ3v) is 4.26. The van der Waals surface area contributed by atoms with E-state index >= 15 is 0 Å². The molecule has 0 saturated heterocycles. The Hall–Kier alpha value is -1.57. The Morgan fingerprint density at radius 3 is 2.13 bits per heavy atom. The van der Waals surface area contributed by atoms with Gasteiger partial charge in [0.25, 0.3) is 5.91 Å². The van der Waals surface area contributed by atoms with Crippen molar-refractivity contribution in [3.63, 3.8) is 0 Å². The summed E-state index contributed by atoms with van der Waals surface area (Å²) in [4.78, 5) is 35.6. The minimum atomic E-state index is -0.807. The lowest BCUT2D eigenvalue weighted by molar-refractivity contribution is -0.131. The van der Waals surface area contributed by atoms with E-state index in [0.29, 0.717) is 37.7 Å². The van der Waals surface area contributed by atoms with Gasteiger partial charge in [0.1, 0.15) is 0 Å². The third-order valence-electron chi connectivity index (χ3n) is 4.26. The van der Waals surface area contributed by atoms with Gasteiger partial charge in [-0.2, -0.15) is 0 Å². The fourth-order valence-corrected chi connectivity index (χ4v) is 2.88. The molecule has 130 valence electrons. The molecule has 0 heterocycles. The molecule has 0 aromatic heterocycles. The number of hydrogen-bond donors (Lipinski definition) is 4. The van der Waals surface area contributed by atoms with Crippen molar-refractivity contribution in [1.29, 1.82) is 0 Å². The first-order valence-electron chi connectivity index (χ1n) is 7.81. The van der Waals surface area contributed by atoms with E-state index in [2.05, 4.69) is 0 Å². The lowest BCUT2D eigenvalue weighted by Gasteiger charge is -2.30. The SMILES string of the molecule is CC(=C1C(=O)CC(C)(C)CC1=O)C(N)CCC[C@@H](N)C(=O)NO. The molecule has 0 bridgehead atoms. The van der Waals surface area contributed by atoms with Gasteiger partial charge in [-0.3, -0.25) is 19.6 Å². The number of rotatable bonds is 6. The molecule has 6 N–H and O–H groups in total. The van der Waals surface area contributed by atoms with Crippen LogP contribution < -0.4 is 16.9 Å². The van der Waals surface area contributed by atoms with Gasteiger partial charge in [0, 0.05) is 18.9 Å². The molecule has 1 rings (SSSR count). The summed E-state index contributed by atoms with van der Waals surface area (Å²) in [5, 5.41) is 8.49. The van der Waals surface area contributed by atoms with Crippen LogP contribution >= 0.6 is 0 Å². The zero-order valence-electron chi connectivity index (χ0n) is 14.0. The van der Waals surface area contributed by atoms with Crippen LogP contribution in [0.25, 0.3) is 0 Å². The molecule has 1 amide bonds. The van der Waals surface area contributed by atoms with Gasteiger partial charge in [-0.25, -0.2) is 5.48 Å². The molecule has 0 spiro atoms. The first-order valence-corrected chi connectivity index (χ1v) is 7.81. The van der Waals surface area contributed by atoms with Crippen molar-refractivity contribution in [2.24, 2.45) is 16.9 Å². The largest absolute Gasteiger partial charge is 0.324 e. The van der Waals surface area contributed by atoms with Crippen LogP contribution in [-0.2, 0) is 14.4 Å². The first kappa shape index (κ1) is 19.5. The van der Waals surface area contributed by atoms with Crippen molar-refractivity contribution in [2.45, 2.75) is 65.0 Å². The van der Waals surface area contributed by atoms with Crippen LogP contribution in [0.2, 0.25) is 0 Å². The number of hydroxylamine groups is 1. The number of amides is 1. The number of carbonyl (C=O) groups is 3. The highest BCUT2D eigenvalue weighted by Gasteiger charge is 2.37. The van der Waals surface area contributed by atoms with E-state index < -0.39 is 18.0 Å². The quantitative estimate of drug-likeness (QED) is 0.244. The van der Waals surface area contributed by atoms with E-state index in [9.17, 15) is 14.4 Å². The Balaban J connectivity index is 2.68. The summed E-state index contributed by atoms with van der Waals surface area (Å²) in [5.41, 5.74) is 13.7. The highest BCUT2D eigenvalue weighted by Crippen LogP contribution is 2.35. The molecule has 1 fully saturated rings. The Morgan fingerprint density at radius 1 is 1.17 bits per heavy atom. The predicted octanol–water partition coefficient (Wildman–Crippen LogP) is 0.591. The number of nitrogens with two attached hydrogens (primary N) is 2. The molecule has 7 heteroatoms. The van der Waals surface area contributed by atoms with Crippen molar-refractivity contribution < 1.29 is 19.6 Å². The summed E-state index contributed by atoms with van der Waals surface area (Å²) in [6.45, 7) is 5.53. The van der Waals surface area contributed by atoms with E-state index in [1.165, 1.54) is 5.48 Å². The fourth-order valence-electron chi connectivity index (χ4n) is 2.88. The Morgan fingerprint density at radius 2 is 1.65 bits per heavy atom. The number of allylic oxidation sites excluding steroid dienone is 1. The van der Waals surface area contributed by atoms with Crippen LogP contribution in [-0.4, -0.2) is 34.8 Å². The van der Waals surface area contributed by atoms with Gasteiger partial charge < -0.3 is 11.5 Å². The first-order chi connectivity index (χ1) is 10.6. The van der Waals surface area contributed by atoms with Crippen LogP contribution in [0.3, 0.4) is 0 Å². The molecule has 0 aromatic rings. The second-order valence-electron chi connectivity index (χ2n) is 7.04. The maximum atomic E-state index is 12.2. The fraction of sp³-hybridized carbons (Fsp3) is 0.688. The number of hydrogen-bond acceptors (Lipinski definition) is 6. The zero-order chi connectivity index (χ0) is 17.8. The van der Waals surface area contributed by atoms with Crippen LogP contribution in [0.1, 0.15) is 52.9 Å². The molecule has 1 aliphatic rings. The van der Waals surface area contributed by atoms with Gasteiger partial charge in [0.15, 0.2) is 11.6 Å². The Labute approximate surface area is 136 Å². The number of Topliss-reactive ketones (excluding diaryl/α,β-unsaturated/α-hetero) is 2. The van der Waals surface area contributed by atoms with Crippen molar-refractivity contribution in [1.82, 2.24) is 5.48 Å². The van der Waals surface area contributed by atoms with E-state index in [-0.39, 0.29) is 22.6 Å². The summed E-state index contributed by atoms with van der Waals surface area (Å²) in [6.07, 6.45) is 2.11. The molecule has 2 atom stereocenters. The molecular formula is C16H27N3O4. The van der Waals surface area contributed by atoms with E-state index in [4.69, 9.17) is 16.7 Å². The smallest absolute Gasteiger partial charge is 0.260 e. The third kappa shape index (κ3) is 5.23. The molecule has 1 saturated carbocycles. The second-order valence-corrected chi connectivity index (χ2v) is 7.04. The lowest BCUT2D eigenvalue weighted by Crippen LogP contribution is -2.39. The number of carbonyl (C=O) groups excluding carboxylic acids is 3. The normalized spacial score (nSPS) is 20.2. The van der Waals surface area contributed by atoms with Gasteiger partial charge in [-0.05, 0) is 37.2 Å². The van der Waals surface area contributed by atoms with Crippen LogP contribution in [0.15, 0.2) is 11.1 Å². The Bertz CT molecular complexity index is 503. The average molecular weight is 325 g/mol. The van der Waals surface area contributed by atoms with Crippen LogP contribution in [0, 0.1) is 5.41 Å². The topological polar surface area (TPSA) is 136 Å².